The number of thioether (sulfide) groups is 1. The van der Waals surface area contributed by atoms with Crippen LogP contribution < -0.4 is 5.32 Å². The summed E-state index contributed by atoms with van der Waals surface area (Å²) in [5.41, 5.74) is -0.389. The average Bonchev–Trinajstić information content (AvgIpc) is 3.28. The van der Waals surface area contributed by atoms with Gasteiger partial charge in [0.1, 0.15) is 35.8 Å². The number of nitrogens with one attached hydrogen (secondary N) is 1. The van der Waals surface area contributed by atoms with Gasteiger partial charge in [0.25, 0.3) is 0 Å². The van der Waals surface area contributed by atoms with Crippen LogP contribution in [0.15, 0.2) is 12.2 Å². The molecule has 3 aliphatic heterocycles. The molecule has 1 aliphatic carbocycles. The molecule has 0 amide bonds. The second-order valence-corrected chi connectivity index (χ2v) is 6.40. The lowest BCUT2D eigenvalue weighted by molar-refractivity contribution is -0.144. The molecule has 0 bridgehead atoms. The number of ether oxygens (including phenoxy) is 3. The first-order valence-corrected chi connectivity index (χ1v) is 7.35. The maximum atomic E-state index is 11.9. The lowest BCUT2D eigenvalue weighted by Crippen LogP contribution is -2.39. The Kier molecular flexibility index (Phi) is 2.49. The zero-order valence-electron chi connectivity index (χ0n) is 9.83. The van der Waals surface area contributed by atoms with Crippen LogP contribution in [0.2, 0.25) is 0 Å². The van der Waals surface area contributed by atoms with E-state index < -0.39 is 0 Å². The van der Waals surface area contributed by atoms with Crippen molar-refractivity contribution in [1.82, 2.24) is 5.32 Å². The SMILES string of the molecule is O=C(OCC12C=CC3OC3C1O2)C1CNCCS1. The van der Waals surface area contributed by atoms with Crippen molar-refractivity contribution in [2.24, 2.45) is 0 Å². The Balaban J connectivity index is 1.32. The van der Waals surface area contributed by atoms with Crippen molar-refractivity contribution >= 4 is 17.7 Å². The number of fused-ring (bicyclic) bond motifs is 3. The summed E-state index contributed by atoms with van der Waals surface area (Å²) in [4.78, 5) is 11.9. The standard InChI is InChI=1S/C12H15NO4S/c14-11(8-5-13-3-4-18-8)15-6-12-2-1-7-9(16-7)10(12)17-12/h1-2,7-10,13H,3-6H2. The van der Waals surface area contributed by atoms with Crippen LogP contribution in [0.4, 0.5) is 0 Å². The van der Waals surface area contributed by atoms with Crippen LogP contribution in [0.1, 0.15) is 0 Å². The van der Waals surface area contributed by atoms with E-state index >= 15 is 0 Å². The molecule has 4 aliphatic rings. The fraction of sp³-hybridized carbons (Fsp3) is 0.750. The minimum atomic E-state index is -0.389. The molecule has 5 nitrogen and oxygen atoms in total. The highest BCUT2D eigenvalue weighted by molar-refractivity contribution is 8.00. The van der Waals surface area contributed by atoms with E-state index in [1.807, 2.05) is 12.2 Å². The number of hydrogen-bond donors (Lipinski definition) is 1. The third kappa shape index (κ3) is 1.79. The first-order chi connectivity index (χ1) is 8.78. The molecule has 18 heavy (non-hydrogen) atoms. The van der Waals surface area contributed by atoms with Crippen LogP contribution in [0.5, 0.6) is 0 Å². The molecular weight excluding hydrogens is 254 g/mol. The van der Waals surface area contributed by atoms with E-state index in [9.17, 15) is 4.79 Å². The molecule has 0 saturated carbocycles. The van der Waals surface area contributed by atoms with E-state index in [-0.39, 0.29) is 35.1 Å². The summed E-state index contributed by atoms with van der Waals surface area (Å²) in [6.07, 6.45) is 4.53. The van der Waals surface area contributed by atoms with Crippen molar-refractivity contribution in [2.45, 2.75) is 29.2 Å². The first-order valence-electron chi connectivity index (χ1n) is 6.30. The van der Waals surface area contributed by atoms with Gasteiger partial charge in [-0.1, -0.05) is 6.08 Å². The molecule has 0 radical (unpaired) electrons. The van der Waals surface area contributed by atoms with Crippen molar-refractivity contribution in [3.05, 3.63) is 12.2 Å². The van der Waals surface area contributed by atoms with E-state index in [2.05, 4.69) is 5.32 Å². The number of epoxide rings is 2. The van der Waals surface area contributed by atoms with E-state index in [1.165, 1.54) is 0 Å². The van der Waals surface area contributed by atoms with Gasteiger partial charge in [0, 0.05) is 18.8 Å². The van der Waals surface area contributed by atoms with Gasteiger partial charge in [0.15, 0.2) is 0 Å². The third-order valence-electron chi connectivity index (χ3n) is 3.83. The van der Waals surface area contributed by atoms with Gasteiger partial charge in [-0.05, 0) is 6.08 Å². The molecule has 6 heteroatoms. The van der Waals surface area contributed by atoms with Crippen molar-refractivity contribution < 1.29 is 19.0 Å². The maximum Gasteiger partial charge on any atom is 0.320 e. The van der Waals surface area contributed by atoms with Crippen LogP contribution in [-0.4, -0.2) is 60.6 Å². The van der Waals surface area contributed by atoms with Crippen molar-refractivity contribution in [3.63, 3.8) is 0 Å². The highest BCUT2D eigenvalue weighted by atomic mass is 32.2. The predicted molar refractivity (Wildman–Crippen MR) is 65.5 cm³/mol. The van der Waals surface area contributed by atoms with Gasteiger partial charge in [0.2, 0.25) is 0 Å². The van der Waals surface area contributed by atoms with Gasteiger partial charge >= 0.3 is 5.97 Å². The smallest absolute Gasteiger partial charge is 0.320 e. The van der Waals surface area contributed by atoms with Crippen LogP contribution in [0, 0.1) is 0 Å². The lowest BCUT2D eigenvalue weighted by Gasteiger charge is -2.21. The summed E-state index contributed by atoms with van der Waals surface area (Å²) in [6.45, 7) is 1.98. The van der Waals surface area contributed by atoms with Gasteiger partial charge in [-0.3, -0.25) is 4.79 Å². The minimum absolute atomic E-state index is 0.0788. The lowest BCUT2D eigenvalue weighted by atomic mass is 9.97. The summed E-state index contributed by atoms with van der Waals surface area (Å²) < 4.78 is 16.5. The number of rotatable bonds is 3. The first kappa shape index (κ1) is 11.3. The quantitative estimate of drug-likeness (QED) is 0.431. The Morgan fingerprint density at radius 1 is 1.61 bits per heavy atom. The predicted octanol–water partition coefficient (Wildman–Crippen LogP) is -0.291. The Labute approximate surface area is 109 Å². The molecular formula is C12H15NO4S. The van der Waals surface area contributed by atoms with Crippen LogP contribution in [0.25, 0.3) is 0 Å². The van der Waals surface area contributed by atoms with E-state index in [4.69, 9.17) is 14.2 Å². The molecule has 0 aromatic carbocycles. The van der Waals surface area contributed by atoms with Gasteiger partial charge in [-0.25, -0.2) is 0 Å². The topological polar surface area (TPSA) is 63.4 Å². The Hall–Kier alpha value is -0.560. The van der Waals surface area contributed by atoms with E-state index in [0.29, 0.717) is 13.2 Å². The fourth-order valence-electron chi connectivity index (χ4n) is 2.63. The Bertz CT molecular complexity index is 409. The third-order valence-corrected chi connectivity index (χ3v) is 5.03. The normalized spacial score (nSPS) is 48.0. The minimum Gasteiger partial charge on any atom is -0.461 e. The molecule has 5 atom stereocenters. The van der Waals surface area contributed by atoms with Crippen molar-refractivity contribution in [2.75, 3.05) is 25.4 Å². The summed E-state index contributed by atoms with van der Waals surface area (Å²) in [7, 11) is 0. The van der Waals surface area contributed by atoms with Gasteiger partial charge in [0.05, 0.1) is 0 Å². The highest BCUT2D eigenvalue weighted by Gasteiger charge is 2.68. The molecule has 0 aromatic heterocycles. The average molecular weight is 269 g/mol. The Morgan fingerprint density at radius 2 is 2.56 bits per heavy atom. The number of carbonyl (C=O) groups is 1. The van der Waals surface area contributed by atoms with Gasteiger partial charge < -0.3 is 19.5 Å². The van der Waals surface area contributed by atoms with Crippen molar-refractivity contribution in [1.29, 1.82) is 0 Å². The van der Waals surface area contributed by atoms with Crippen molar-refractivity contribution in [3.8, 4) is 0 Å². The molecule has 98 valence electrons. The molecule has 3 saturated heterocycles. The molecule has 1 N–H and O–H groups in total. The number of carbonyl (C=O) groups excluding carboxylic acids is 1. The zero-order chi connectivity index (χ0) is 12.2. The summed E-state index contributed by atoms with van der Waals surface area (Å²) in [6, 6.07) is 0. The summed E-state index contributed by atoms with van der Waals surface area (Å²) >= 11 is 1.66. The van der Waals surface area contributed by atoms with Crippen LogP contribution in [-0.2, 0) is 19.0 Å². The molecule has 4 rings (SSSR count). The monoisotopic (exact) mass is 269 g/mol. The zero-order valence-corrected chi connectivity index (χ0v) is 10.7. The van der Waals surface area contributed by atoms with E-state index in [1.54, 1.807) is 11.8 Å². The number of hydrogen-bond acceptors (Lipinski definition) is 6. The number of esters is 1. The molecule has 3 fully saturated rings. The van der Waals surface area contributed by atoms with Gasteiger partial charge in [-0.2, -0.15) is 0 Å². The largest absolute Gasteiger partial charge is 0.461 e. The maximum absolute atomic E-state index is 11.9. The molecule has 5 unspecified atom stereocenters. The molecule has 0 aromatic rings. The fourth-order valence-corrected chi connectivity index (χ4v) is 3.62. The van der Waals surface area contributed by atoms with Crippen LogP contribution >= 0.6 is 11.8 Å². The second-order valence-electron chi connectivity index (χ2n) is 5.09. The Morgan fingerprint density at radius 3 is 3.39 bits per heavy atom. The van der Waals surface area contributed by atoms with Crippen LogP contribution in [0.3, 0.4) is 0 Å². The summed E-state index contributed by atoms with van der Waals surface area (Å²) in [5.74, 6) is 0.824. The highest BCUT2D eigenvalue weighted by Crippen LogP contribution is 2.52. The van der Waals surface area contributed by atoms with Gasteiger partial charge in [-0.15, -0.1) is 11.8 Å². The molecule has 0 spiro atoms. The molecule has 3 heterocycles. The van der Waals surface area contributed by atoms with E-state index in [0.717, 1.165) is 12.3 Å². The summed E-state index contributed by atoms with van der Waals surface area (Å²) in [5, 5.41) is 3.12. The second kappa shape index (κ2) is 3.96.